The van der Waals surface area contributed by atoms with Gasteiger partial charge < -0.3 is 14.6 Å². The Morgan fingerprint density at radius 2 is 1.90 bits per heavy atom. The molecule has 1 amide bonds. The van der Waals surface area contributed by atoms with Gasteiger partial charge in [-0.1, -0.05) is 30.3 Å². The Labute approximate surface area is 172 Å². The summed E-state index contributed by atoms with van der Waals surface area (Å²) in [4.78, 5) is 30.2. The monoisotopic (exact) mass is 412 g/mol. The number of carboxylic acids is 1. The average Bonchev–Trinajstić information content (AvgIpc) is 3.01. The molecule has 0 radical (unpaired) electrons. The molecule has 0 spiro atoms. The number of hydrogen-bond acceptors (Lipinski definition) is 6. The first-order valence-corrected chi connectivity index (χ1v) is 9.67. The van der Waals surface area contributed by atoms with Crippen molar-refractivity contribution in [2.45, 2.75) is 0 Å². The molecule has 1 N–H and O–H groups in total. The van der Waals surface area contributed by atoms with E-state index in [4.69, 9.17) is 14.6 Å². The van der Waals surface area contributed by atoms with Gasteiger partial charge in [0, 0.05) is 7.11 Å². The van der Waals surface area contributed by atoms with E-state index in [0.717, 1.165) is 11.3 Å². The summed E-state index contributed by atoms with van der Waals surface area (Å²) < 4.78 is 10.2. The van der Waals surface area contributed by atoms with E-state index in [1.54, 1.807) is 42.4 Å². The zero-order chi connectivity index (χ0) is 20.6. The van der Waals surface area contributed by atoms with Gasteiger partial charge in [-0.3, -0.25) is 9.69 Å². The third-order valence-corrected chi connectivity index (χ3v) is 4.93. The average molecular weight is 412 g/mol. The summed E-state index contributed by atoms with van der Waals surface area (Å²) in [5.41, 5.74) is 1.57. The molecule has 150 valence electrons. The zero-order valence-corrected chi connectivity index (χ0v) is 16.6. The van der Waals surface area contributed by atoms with Crippen molar-refractivity contribution in [2.24, 2.45) is 4.99 Å². The smallest absolute Gasteiger partial charge is 0.341 e. The number of ether oxygens (including phenoxy) is 2. The lowest BCUT2D eigenvalue weighted by Gasteiger charge is -2.14. The molecule has 1 aliphatic rings. The maximum absolute atomic E-state index is 12.9. The highest BCUT2D eigenvalue weighted by Gasteiger charge is 2.33. The molecular formula is C21H20N2O5S. The van der Waals surface area contributed by atoms with Crippen LogP contribution in [0.15, 0.2) is 64.5 Å². The van der Waals surface area contributed by atoms with Crippen molar-refractivity contribution >= 4 is 40.6 Å². The van der Waals surface area contributed by atoms with Gasteiger partial charge in [-0.05, 0) is 47.7 Å². The number of hydrogen-bond donors (Lipinski definition) is 1. The molecule has 7 nitrogen and oxygen atoms in total. The lowest BCUT2D eigenvalue weighted by Crippen LogP contribution is -2.32. The normalized spacial score (nSPS) is 16.6. The van der Waals surface area contributed by atoms with E-state index >= 15 is 0 Å². The van der Waals surface area contributed by atoms with E-state index in [9.17, 15) is 9.59 Å². The third kappa shape index (κ3) is 5.69. The van der Waals surface area contributed by atoms with Gasteiger partial charge in [-0.2, -0.15) is 0 Å². The molecule has 0 unspecified atom stereocenters. The zero-order valence-electron chi connectivity index (χ0n) is 15.8. The number of nitrogens with zero attached hydrogens (tertiary/aromatic N) is 2. The molecule has 0 bridgehead atoms. The first kappa shape index (κ1) is 20.6. The van der Waals surface area contributed by atoms with Gasteiger partial charge in [0.05, 0.1) is 23.7 Å². The maximum atomic E-state index is 12.9. The lowest BCUT2D eigenvalue weighted by molar-refractivity contribution is -0.139. The second-order valence-electron chi connectivity index (χ2n) is 6.04. The largest absolute Gasteiger partial charge is 0.482 e. The molecule has 0 atom stereocenters. The van der Waals surface area contributed by atoms with Crippen LogP contribution in [0.5, 0.6) is 5.75 Å². The summed E-state index contributed by atoms with van der Waals surface area (Å²) in [6.07, 6.45) is 1.78. The van der Waals surface area contributed by atoms with Gasteiger partial charge in [0.25, 0.3) is 5.91 Å². The minimum Gasteiger partial charge on any atom is -0.482 e. The summed E-state index contributed by atoms with van der Waals surface area (Å²) in [5.74, 6) is -0.716. The first-order valence-electron chi connectivity index (χ1n) is 8.85. The van der Waals surface area contributed by atoms with Gasteiger partial charge >= 0.3 is 5.97 Å². The van der Waals surface area contributed by atoms with Crippen molar-refractivity contribution in [1.29, 1.82) is 0 Å². The summed E-state index contributed by atoms with van der Waals surface area (Å²) in [6, 6.07) is 16.3. The Kier molecular flexibility index (Phi) is 7.04. The molecule has 2 aromatic rings. The Morgan fingerprint density at radius 3 is 2.55 bits per heavy atom. The highest BCUT2D eigenvalue weighted by molar-refractivity contribution is 8.18. The standard InChI is InChI=1S/C21H20N2O5S/c1-27-12-11-23-20(26)18(29-21(23)22-16-5-3-2-4-6-16)13-15-7-9-17(10-8-15)28-14-19(24)25/h2-10,13H,11-12,14H2,1H3,(H,24,25). The number of rotatable bonds is 8. The molecule has 0 aromatic heterocycles. The number of amides is 1. The van der Waals surface area contributed by atoms with Crippen LogP contribution in [0.3, 0.4) is 0 Å². The highest BCUT2D eigenvalue weighted by atomic mass is 32.2. The van der Waals surface area contributed by atoms with Crippen LogP contribution in [0.25, 0.3) is 6.08 Å². The van der Waals surface area contributed by atoms with Crippen molar-refractivity contribution in [2.75, 3.05) is 26.9 Å². The Bertz CT molecular complexity index is 926. The van der Waals surface area contributed by atoms with Crippen LogP contribution in [0.2, 0.25) is 0 Å². The molecule has 1 fully saturated rings. The van der Waals surface area contributed by atoms with Crippen molar-refractivity contribution in [1.82, 2.24) is 4.90 Å². The fraction of sp³-hybridized carbons (Fsp3) is 0.190. The van der Waals surface area contributed by atoms with E-state index in [0.29, 0.717) is 29.0 Å². The molecule has 0 aliphatic carbocycles. The molecule has 29 heavy (non-hydrogen) atoms. The van der Waals surface area contributed by atoms with E-state index in [1.165, 1.54) is 11.8 Å². The first-order chi connectivity index (χ1) is 14.1. The van der Waals surface area contributed by atoms with Crippen LogP contribution in [0, 0.1) is 0 Å². The van der Waals surface area contributed by atoms with E-state index in [-0.39, 0.29) is 5.91 Å². The van der Waals surface area contributed by atoms with Gasteiger partial charge in [0.1, 0.15) is 5.75 Å². The number of aliphatic imine (C=N–C) groups is 1. The van der Waals surface area contributed by atoms with Crippen molar-refractivity contribution in [3.05, 3.63) is 65.1 Å². The van der Waals surface area contributed by atoms with E-state index < -0.39 is 12.6 Å². The second kappa shape index (κ2) is 9.90. The van der Waals surface area contributed by atoms with Gasteiger partial charge in [-0.15, -0.1) is 0 Å². The molecule has 2 aromatic carbocycles. The minimum absolute atomic E-state index is 0.132. The van der Waals surface area contributed by atoms with Crippen molar-refractivity contribution in [3.8, 4) is 5.75 Å². The highest BCUT2D eigenvalue weighted by Crippen LogP contribution is 2.34. The molecule has 1 heterocycles. The van der Waals surface area contributed by atoms with Crippen LogP contribution >= 0.6 is 11.8 Å². The predicted molar refractivity (Wildman–Crippen MR) is 112 cm³/mol. The minimum atomic E-state index is -1.04. The van der Waals surface area contributed by atoms with Gasteiger partial charge in [0.15, 0.2) is 11.8 Å². The quantitative estimate of drug-likeness (QED) is 0.669. The van der Waals surface area contributed by atoms with Crippen molar-refractivity contribution < 1.29 is 24.2 Å². The number of aliphatic carboxylic acids is 1. The summed E-state index contributed by atoms with van der Waals surface area (Å²) in [7, 11) is 1.59. The van der Waals surface area contributed by atoms with Crippen LogP contribution in [-0.2, 0) is 14.3 Å². The Balaban J connectivity index is 1.80. The SMILES string of the molecule is COCCN1C(=O)C(=Cc2ccc(OCC(=O)O)cc2)SC1=Nc1ccccc1. The topological polar surface area (TPSA) is 88.4 Å². The lowest BCUT2D eigenvalue weighted by atomic mass is 10.2. The number of carbonyl (C=O) groups is 2. The number of benzene rings is 2. The van der Waals surface area contributed by atoms with Crippen LogP contribution in [0.1, 0.15) is 5.56 Å². The number of thioether (sulfide) groups is 1. The molecule has 1 aliphatic heterocycles. The Hall–Kier alpha value is -3.10. The number of carbonyl (C=O) groups excluding carboxylic acids is 1. The summed E-state index contributed by atoms with van der Waals surface area (Å²) >= 11 is 1.31. The van der Waals surface area contributed by atoms with E-state index in [1.807, 2.05) is 30.3 Å². The molecule has 8 heteroatoms. The van der Waals surface area contributed by atoms with Gasteiger partial charge in [0.2, 0.25) is 0 Å². The second-order valence-corrected chi connectivity index (χ2v) is 7.05. The maximum Gasteiger partial charge on any atom is 0.341 e. The summed E-state index contributed by atoms with van der Waals surface area (Å²) in [6.45, 7) is 0.416. The molecule has 1 saturated heterocycles. The van der Waals surface area contributed by atoms with Crippen molar-refractivity contribution in [3.63, 3.8) is 0 Å². The van der Waals surface area contributed by atoms with Crippen LogP contribution in [0.4, 0.5) is 5.69 Å². The van der Waals surface area contributed by atoms with Crippen LogP contribution in [-0.4, -0.2) is 53.9 Å². The Morgan fingerprint density at radius 1 is 1.17 bits per heavy atom. The number of para-hydroxylation sites is 1. The molecular weight excluding hydrogens is 392 g/mol. The number of methoxy groups -OCH3 is 1. The predicted octanol–water partition coefficient (Wildman–Crippen LogP) is 3.40. The molecule has 0 saturated carbocycles. The molecule has 3 rings (SSSR count). The third-order valence-electron chi connectivity index (χ3n) is 3.93. The van der Waals surface area contributed by atoms with Crippen LogP contribution < -0.4 is 4.74 Å². The number of carboxylic acid groups (broad SMARTS) is 1. The fourth-order valence-electron chi connectivity index (χ4n) is 2.54. The fourth-order valence-corrected chi connectivity index (χ4v) is 3.57. The number of amidine groups is 1. The van der Waals surface area contributed by atoms with E-state index in [2.05, 4.69) is 4.99 Å². The summed E-state index contributed by atoms with van der Waals surface area (Å²) in [5, 5.41) is 9.27. The van der Waals surface area contributed by atoms with Gasteiger partial charge in [-0.25, -0.2) is 9.79 Å².